The molecule has 0 saturated heterocycles. The largest absolute Gasteiger partial charge is 0.363 e. The Morgan fingerprint density at radius 3 is 2.83 bits per heavy atom. The lowest BCUT2D eigenvalue weighted by atomic mass is 10.2. The standard InChI is InChI=1S/C13H12N4S/c1-9-8-18-12-11(9)15-17-16-13(12)14-7-10-5-3-2-4-6-10/h2-6,8H,7H2,1H3,(H,14,15,16). The average molecular weight is 256 g/mol. The van der Waals surface area contributed by atoms with E-state index in [1.807, 2.05) is 25.1 Å². The number of nitrogens with zero attached hydrogens (tertiary/aromatic N) is 3. The number of rotatable bonds is 3. The molecule has 0 fully saturated rings. The van der Waals surface area contributed by atoms with Gasteiger partial charge >= 0.3 is 0 Å². The summed E-state index contributed by atoms with van der Waals surface area (Å²) in [6.45, 7) is 2.78. The molecule has 0 aliphatic rings. The van der Waals surface area contributed by atoms with Gasteiger partial charge in [0.2, 0.25) is 0 Å². The van der Waals surface area contributed by atoms with Crippen LogP contribution in [0.4, 0.5) is 5.82 Å². The third-order valence-electron chi connectivity index (χ3n) is 2.75. The Morgan fingerprint density at radius 1 is 1.17 bits per heavy atom. The van der Waals surface area contributed by atoms with E-state index in [2.05, 4.69) is 38.2 Å². The van der Waals surface area contributed by atoms with Gasteiger partial charge in [0.15, 0.2) is 5.82 Å². The Morgan fingerprint density at radius 2 is 2.00 bits per heavy atom. The van der Waals surface area contributed by atoms with Crippen molar-refractivity contribution in [2.45, 2.75) is 13.5 Å². The van der Waals surface area contributed by atoms with E-state index in [0.29, 0.717) is 0 Å². The topological polar surface area (TPSA) is 50.7 Å². The lowest BCUT2D eigenvalue weighted by Gasteiger charge is -2.05. The van der Waals surface area contributed by atoms with E-state index in [4.69, 9.17) is 0 Å². The fourth-order valence-corrected chi connectivity index (χ4v) is 2.73. The van der Waals surface area contributed by atoms with Crippen molar-refractivity contribution < 1.29 is 0 Å². The summed E-state index contributed by atoms with van der Waals surface area (Å²) in [4.78, 5) is 0. The summed E-state index contributed by atoms with van der Waals surface area (Å²) in [6, 6.07) is 10.2. The molecule has 0 aliphatic carbocycles. The van der Waals surface area contributed by atoms with Gasteiger partial charge in [-0.2, -0.15) is 0 Å². The lowest BCUT2D eigenvalue weighted by Crippen LogP contribution is -2.03. The van der Waals surface area contributed by atoms with Gasteiger partial charge in [-0.15, -0.1) is 21.5 Å². The Bertz CT molecular complexity index is 663. The fraction of sp³-hybridized carbons (Fsp3) is 0.154. The van der Waals surface area contributed by atoms with Gasteiger partial charge in [0.25, 0.3) is 0 Å². The van der Waals surface area contributed by atoms with Crippen LogP contribution in [-0.2, 0) is 6.54 Å². The summed E-state index contributed by atoms with van der Waals surface area (Å²) in [5, 5.41) is 17.3. The number of fused-ring (bicyclic) bond motifs is 1. The van der Waals surface area contributed by atoms with E-state index in [0.717, 1.165) is 28.1 Å². The van der Waals surface area contributed by atoms with Crippen molar-refractivity contribution in [2.75, 3.05) is 5.32 Å². The van der Waals surface area contributed by atoms with E-state index in [1.54, 1.807) is 11.3 Å². The van der Waals surface area contributed by atoms with Crippen LogP contribution >= 0.6 is 11.3 Å². The Balaban J connectivity index is 1.87. The number of aromatic nitrogens is 3. The maximum atomic E-state index is 4.07. The van der Waals surface area contributed by atoms with Crippen LogP contribution in [0, 0.1) is 6.92 Å². The van der Waals surface area contributed by atoms with Crippen LogP contribution < -0.4 is 5.32 Å². The Labute approximate surface area is 109 Å². The minimum atomic E-state index is 0.742. The molecule has 2 heterocycles. The van der Waals surface area contributed by atoms with Crippen LogP contribution in [0.3, 0.4) is 0 Å². The highest BCUT2D eigenvalue weighted by Gasteiger charge is 2.08. The van der Waals surface area contributed by atoms with Crippen molar-refractivity contribution in [1.82, 2.24) is 15.4 Å². The van der Waals surface area contributed by atoms with Gasteiger partial charge in [0.05, 0.1) is 4.70 Å². The van der Waals surface area contributed by atoms with Gasteiger partial charge in [-0.1, -0.05) is 30.3 Å². The SMILES string of the molecule is Cc1csc2c(NCc3ccccc3)nnnc12. The first kappa shape index (κ1) is 11.1. The summed E-state index contributed by atoms with van der Waals surface area (Å²) >= 11 is 1.65. The van der Waals surface area contributed by atoms with Crippen LogP contribution in [0.1, 0.15) is 11.1 Å². The smallest absolute Gasteiger partial charge is 0.170 e. The van der Waals surface area contributed by atoms with Crippen LogP contribution in [0.15, 0.2) is 35.7 Å². The molecule has 0 radical (unpaired) electrons. The van der Waals surface area contributed by atoms with E-state index in [-0.39, 0.29) is 0 Å². The number of hydrogen-bond donors (Lipinski definition) is 1. The molecule has 1 N–H and O–H groups in total. The summed E-state index contributed by atoms with van der Waals surface area (Å²) < 4.78 is 1.07. The molecule has 0 saturated carbocycles. The summed E-state index contributed by atoms with van der Waals surface area (Å²) in [7, 11) is 0. The highest BCUT2D eigenvalue weighted by Crippen LogP contribution is 2.27. The maximum Gasteiger partial charge on any atom is 0.170 e. The Hall–Kier alpha value is -2.01. The molecule has 3 rings (SSSR count). The van der Waals surface area contributed by atoms with Crippen molar-refractivity contribution >= 4 is 27.4 Å². The molecule has 5 heteroatoms. The van der Waals surface area contributed by atoms with E-state index in [1.165, 1.54) is 5.56 Å². The van der Waals surface area contributed by atoms with Gasteiger partial charge < -0.3 is 5.32 Å². The van der Waals surface area contributed by atoms with Crippen molar-refractivity contribution in [3.8, 4) is 0 Å². The van der Waals surface area contributed by atoms with Gasteiger partial charge in [-0.05, 0) is 28.6 Å². The highest BCUT2D eigenvalue weighted by atomic mass is 32.1. The molecule has 1 aromatic carbocycles. The van der Waals surface area contributed by atoms with Crippen molar-refractivity contribution in [3.05, 3.63) is 46.8 Å². The maximum absolute atomic E-state index is 4.07. The zero-order valence-corrected chi connectivity index (χ0v) is 10.7. The third-order valence-corrected chi connectivity index (χ3v) is 3.84. The van der Waals surface area contributed by atoms with E-state index in [9.17, 15) is 0 Å². The van der Waals surface area contributed by atoms with Crippen LogP contribution in [0.5, 0.6) is 0 Å². The number of benzene rings is 1. The molecule has 90 valence electrons. The van der Waals surface area contributed by atoms with Crippen molar-refractivity contribution in [1.29, 1.82) is 0 Å². The summed E-state index contributed by atoms with van der Waals surface area (Å²) in [5.74, 6) is 0.807. The predicted octanol–water partition coefficient (Wildman–Crippen LogP) is 3.01. The number of thiophene rings is 1. The molecular formula is C13H12N4S. The predicted molar refractivity (Wildman–Crippen MR) is 73.7 cm³/mol. The van der Waals surface area contributed by atoms with Crippen LogP contribution in [-0.4, -0.2) is 15.4 Å². The molecule has 4 nitrogen and oxygen atoms in total. The van der Waals surface area contributed by atoms with E-state index >= 15 is 0 Å². The molecule has 0 amide bonds. The quantitative estimate of drug-likeness (QED) is 0.782. The van der Waals surface area contributed by atoms with Gasteiger partial charge in [-0.3, -0.25) is 0 Å². The molecule has 0 aliphatic heterocycles. The second kappa shape index (κ2) is 4.70. The molecule has 0 bridgehead atoms. The number of nitrogens with one attached hydrogen (secondary N) is 1. The zero-order chi connectivity index (χ0) is 12.4. The van der Waals surface area contributed by atoms with Crippen molar-refractivity contribution in [3.63, 3.8) is 0 Å². The van der Waals surface area contributed by atoms with E-state index < -0.39 is 0 Å². The molecule has 3 aromatic rings. The van der Waals surface area contributed by atoms with Crippen molar-refractivity contribution in [2.24, 2.45) is 0 Å². The first-order chi connectivity index (χ1) is 8.84. The zero-order valence-electron chi connectivity index (χ0n) is 9.92. The third kappa shape index (κ3) is 2.04. The molecular weight excluding hydrogens is 244 g/mol. The van der Waals surface area contributed by atoms with Gasteiger partial charge in [-0.25, -0.2) is 0 Å². The molecule has 0 spiro atoms. The van der Waals surface area contributed by atoms with Gasteiger partial charge in [0, 0.05) is 6.54 Å². The number of hydrogen-bond acceptors (Lipinski definition) is 5. The van der Waals surface area contributed by atoms with Gasteiger partial charge in [0.1, 0.15) is 5.52 Å². The molecule has 0 atom stereocenters. The summed E-state index contributed by atoms with van der Waals surface area (Å²) in [5.41, 5.74) is 3.30. The summed E-state index contributed by atoms with van der Waals surface area (Å²) in [6.07, 6.45) is 0. The Kier molecular flexibility index (Phi) is 2.90. The first-order valence-corrected chi connectivity index (χ1v) is 6.57. The second-order valence-corrected chi connectivity index (χ2v) is 4.95. The average Bonchev–Trinajstić information content (AvgIpc) is 2.80. The molecule has 0 unspecified atom stereocenters. The normalized spacial score (nSPS) is 10.7. The number of anilines is 1. The van der Waals surface area contributed by atoms with Crippen LogP contribution in [0.2, 0.25) is 0 Å². The molecule has 2 aromatic heterocycles. The minimum Gasteiger partial charge on any atom is -0.363 e. The lowest BCUT2D eigenvalue weighted by molar-refractivity contribution is 0.891. The second-order valence-electron chi connectivity index (χ2n) is 4.07. The first-order valence-electron chi connectivity index (χ1n) is 5.69. The molecule has 18 heavy (non-hydrogen) atoms. The monoisotopic (exact) mass is 256 g/mol. The number of aryl methyl sites for hydroxylation is 1. The highest BCUT2D eigenvalue weighted by molar-refractivity contribution is 7.17. The fourth-order valence-electron chi connectivity index (χ4n) is 1.78. The minimum absolute atomic E-state index is 0.742. The van der Waals surface area contributed by atoms with Crippen LogP contribution in [0.25, 0.3) is 10.2 Å².